The molecule has 33 heavy (non-hydrogen) atoms. The van der Waals surface area contributed by atoms with Gasteiger partial charge in [0.15, 0.2) is 0 Å². The third kappa shape index (κ3) is 11.6. The highest BCUT2D eigenvalue weighted by atomic mass is 16.5. The lowest BCUT2D eigenvalue weighted by molar-refractivity contribution is -0.158. The number of carbonyl (C=O) groups is 2. The topological polar surface area (TPSA) is 61.8 Å². The van der Waals surface area contributed by atoms with Gasteiger partial charge in [0.2, 0.25) is 0 Å². The maximum absolute atomic E-state index is 12.6. The molecule has 5 heteroatoms. The summed E-state index contributed by atoms with van der Waals surface area (Å²) in [5.41, 5.74) is 0.451. The van der Waals surface area contributed by atoms with E-state index in [1.807, 2.05) is 0 Å². The van der Waals surface area contributed by atoms with Crippen molar-refractivity contribution in [3.8, 4) is 0 Å². The van der Waals surface area contributed by atoms with Crippen LogP contribution in [0, 0.1) is 11.8 Å². The minimum atomic E-state index is -0.303. The minimum absolute atomic E-state index is 0.0373. The molecule has 2 aliphatic rings. The summed E-state index contributed by atoms with van der Waals surface area (Å²) in [4.78, 5) is 23.9. The predicted octanol–water partition coefficient (Wildman–Crippen LogP) is 6.92. The second-order valence-corrected chi connectivity index (χ2v) is 10.3. The van der Waals surface area contributed by atoms with Crippen molar-refractivity contribution >= 4 is 11.9 Å². The number of esters is 2. The van der Waals surface area contributed by atoms with E-state index >= 15 is 0 Å². The molecule has 5 nitrogen and oxygen atoms in total. The summed E-state index contributed by atoms with van der Waals surface area (Å²) in [7, 11) is 0. The predicted molar refractivity (Wildman–Crippen MR) is 132 cm³/mol. The van der Waals surface area contributed by atoms with Crippen molar-refractivity contribution in [3.05, 3.63) is 12.2 Å². The Bertz CT molecular complexity index is 571. The Morgan fingerprint density at radius 2 is 1.42 bits per heavy atom. The molecule has 2 aliphatic carbocycles. The molecule has 2 fully saturated rings. The molecule has 0 heterocycles. The summed E-state index contributed by atoms with van der Waals surface area (Å²) in [5, 5.41) is 0. The molecule has 2 saturated carbocycles. The van der Waals surface area contributed by atoms with Gasteiger partial charge in [-0.05, 0) is 83.5 Å². The van der Waals surface area contributed by atoms with E-state index in [1.54, 1.807) is 6.92 Å². The summed E-state index contributed by atoms with van der Waals surface area (Å²) in [5.74, 6) is 0.644. The van der Waals surface area contributed by atoms with E-state index in [-0.39, 0.29) is 30.1 Å². The fraction of sp³-hybridized carbons (Fsp3) is 0.857. The molecule has 0 amide bonds. The van der Waals surface area contributed by atoms with Crippen LogP contribution in [0.1, 0.15) is 117 Å². The van der Waals surface area contributed by atoms with Gasteiger partial charge in [0.25, 0.3) is 0 Å². The van der Waals surface area contributed by atoms with Crippen LogP contribution in [0.25, 0.3) is 0 Å². The summed E-state index contributed by atoms with van der Waals surface area (Å²) >= 11 is 0. The smallest absolute Gasteiger partial charge is 0.333 e. The molecule has 0 aromatic rings. The van der Waals surface area contributed by atoms with Gasteiger partial charge in [-0.2, -0.15) is 0 Å². The summed E-state index contributed by atoms with van der Waals surface area (Å²) in [6, 6.07) is 0. The van der Waals surface area contributed by atoms with Crippen molar-refractivity contribution in [2.24, 2.45) is 11.8 Å². The Morgan fingerprint density at radius 1 is 0.788 bits per heavy atom. The van der Waals surface area contributed by atoms with E-state index in [4.69, 9.17) is 14.2 Å². The summed E-state index contributed by atoms with van der Waals surface area (Å²) in [6.45, 7) is 8.73. The van der Waals surface area contributed by atoms with Gasteiger partial charge < -0.3 is 14.2 Å². The molecule has 2 rings (SSSR count). The van der Waals surface area contributed by atoms with Gasteiger partial charge in [0.05, 0.1) is 18.6 Å². The van der Waals surface area contributed by atoms with Crippen LogP contribution in [0.3, 0.4) is 0 Å². The number of rotatable bonds is 15. The van der Waals surface area contributed by atoms with Crippen LogP contribution in [-0.4, -0.2) is 37.4 Å². The number of hydrogen-bond acceptors (Lipinski definition) is 5. The molecule has 0 aromatic heterocycles. The monoisotopic (exact) mass is 464 g/mol. The van der Waals surface area contributed by atoms with Crippen molar-refractivity contribution in [2.75, 3.05) is 13.2 Å². The molecular formula is C28H48O5. The fourth-order valence-electron chi connectivity index (χ4n) is 5.04. The SMILES string of the molecule is C=C(C)C(=O)OCCCCCCO[C@H]1CC[C@H](C(=O)O[C@H]2CC[C@H](CCCCC)CC2)CC1. The van der Waals surface area contributed by atoms with E-state index in [0.29, 0.717) is 12.2 Å². The van der Waals surface area contributed by atoms with Gasteiger partial charge in [0, 0.05) is 12.2 Å². The van der Waals surface area contributed by atoms with Gasteiger partial charge in [-0.3, -0.25) is 4.79 Å². The highest BCUT2D eigenvalue weighted by Crippen LogP contribution is 2.32. The van der Waals surface area contributed by atoms with E-state index < -0.39 is 0 Å². The van der Waals surface area contributed by atoms with Crippen LogP contribution in [0.5, 0.6) is 0 Å². The van der Waals surface area contributed by atoms with Crippen molar-refractivity contribution in [2.45, 2.75) is 129 Å². The number of hydrogen-bond donors (Lipinski definition) is 0. The third-order valence-electron chi connectivity index (χ3n) is 7.27. The second kappa shape index (κ2) is 16.3. The zero-order valence-electron chi connectivity index (χ0n) is 21.3. The van der Waals surface area contributed by atoms with Crippen molar-refractivity contribution in [1.82, 2.24) is 0 Å². The molecule has 0 bridgehead atoms. The first-order valence-electron chi connectivity index (χ1n) is 13.6. The fourth-order valence-corrected chi connectivity index (χ4v) is 5.04. The van der Waals surface area contributed by atoms with Crippen molar-refractivity contribution in [3.63, 3.8) is 0 Å². The van der Waals surface area contributed by atoms with Gasteiger partial charge in [-0.15, -0.1) is 0 Å². The standard InChI is InChI=1S/C28H48O5/c1-4-5-8-11-23-12-16-26(17-13-23)33-28(30)24-14-18-25(19-15-24)31-20-9-6-7-10-21-32-27(29)22(2)3/h23-26H,2,4-21H2,1,3H3/t23-,24-,25-,26-. The van der Waals surface area contributed by atoms with E-state index in [1.165, 1.54) is 38.5 Å². The van der Waals surface area contributed by atoms with Gasteiger partial charge in [0.1, 0.15) is 6.10 Å². The molecule has 0 spiro atoms. The average molecular weight is 465 g/mol. The normalized spacial score (nSPS) is 25.4. The maximum atomic E-state index is 12.6. The zero-order chi connectivity index (χ0) is 23.9. The molecule has 0 saturated heterocycles. The van der Waals surface area contributed by atoms with Crippen molar-refractivity contribution in [1.29, 1.82) is 0 Å². The summed E-state index contributed by atoms with van der Waals surface area (Å²) < 4.78 is 17.0. The Kier molecular flexibility index (Phi) is 13.8. The maximum Gasteiger partial charge on any atom is 0.333 e. The summed E-state index contributed by atoms with van der Waals surface area (Å²) in [6.07, 6.45) is 18.0. The highest BCUT2D eigenvalue weighted by molar-refractivity contribution is 5.86. The Balaban J connectivity index is 1.46. The lowest BCUT2D eigenvalue weighted by atomic mass is 9.83. The van der Waals surface area contributed by atoms with E-state index in [0.717, 1.165) is 76.7 Å². The largest absolute Gasteiger partial charge is 0.462 e. The average Bonchev–Trinajstić information content (AvgIpc) is 2.82. The Labute approximate surface area is 202 Å². The lowest BCUT2D eigenvalue weighted by Crippen LogP contribution is -2.31. The number of carbonyl (C=O) groups excluding carboxylic acids is 2. The second-order valence-electron chi connectivity index (χ2n) is 10.3. The molecule has 190 valence electrons. The zero-order valence-corrected chi connectivity index (χ0v) is 21.3. The molecule has 0 N–H and O–H groups in total. The van der Waals surface area contributed by atoms with Crippen LogP contribution in [0.15, 0.2) is 12.2 Å². The van der Waals surface area contributed by atoms with Gasteiger partial charge in [-0.1, -0.05) is 45.6 Å². The quantitative estimate of drug-likeness (QED) is 0.149. The van der Waals surface area contributed by atoms with Crippen LogP contribution in [0.2, 0.25) is 0 Å². The molecule has 0 radical (unpaired) electrons. The molecule has 0 aliphatic heterocycles. The molecule has 0 aromatic carbocycles. The Hall–Kier alpha value is -1.36. The number of unbranched alkanes of at least 4 members (excludes halogenated alkanes) is 5. The molecule has 0 atom stereocenters. The van der Waals surface area contributed by atoms with E-state index in [2.05, 4.69) is 13.5 Å². The minimum Gasteiger partial charge on any atom is -0.462 e. The molecular weight excluding hydrogens is 416 g/mol. The van der Waals surface area contributed by atoms with Crippen molar-refractivity contribution < 1.29 is 23.8 Å². The first kappa shape index (κ1) is 27.9. The van der Waals surface area contributed by atoms with Gasteiger partial charge in [-0.25, -0.2) is 4.79 Å². The Morgan fingerprint density at radius 3 is 2.06 bits per heavy atom. The lowest BCUT2D eigenvalue weighted by Gasteiger charge is -2.31. The number of ether oxygens (including phenoxy) is 3. The first-order valence-corrected chi connectivity index (χ1v) is 13.6. The molecule has 0 unspecified atom stereocenters. The van der Waals surface area contributed by atoms with Crippen LogP contribution in [0.4, 0.5) is 0 Å². The van der Waals surface area contributed by atoms with Crippen LogP contribution in [-0.2, 0) is 23.8 Å². The van der Waals surface area contributed by atoms with Gasteiger partial charge >= 0.3 is 11.9 Å². The highest BCUT2D eigenvalue weighted by Gasteiger charge is 2.30. The first-order chi connectivity index (χ1) is 16.0. The van der Waals surface area contributed by atoms with Crippen LogP contribution < -0.4 is 0 Å². The van der Waals surface area contributed by atoms with E-state index in [9.17, 15) is 9.59 Å². The third-order valence-corrected chi connectivity index (χ3v) is 7.27. The van der Waals surface area contributed by atoms with Crippen LogP contribution >= 0.6 is 0 Å².